The summed E-state index contributed by atoms with van der Waals surface area (Å²) in [6.07, 6.45) is -15.5. The fraction of sp³-hybridized carbons (Fsp3) is 0.278. The van der Waals surface area contributed by atoms with Crippen LogP contribution in [0.15, 0.2) is 42.5 Å². The van der Waals surface area contributed by atoms with Gasteiger partial charge in [0.25, 0.3) is 12.1 Å². The van der Waals surface area contributed by atoms with Crippen LogP contribution in [0.3, 0.4) is 0 Å². The van der Waals surface area contributed by atoms with Crippen molar-refractivity contribution in [2.45, 2.75) is 18.5 Å². The van der Waals surface area contributed by atoms with Gasteiger partial charge in [-0.2, -0.15) is 22.0 Å². The lowest BCUT2D eigenvalue weighted by atomic mass is 10.2. The molecule has 0 heterocycles. The second-order valence-corrected chi connectivity index (χ2v) is 5.62. The van der Waals surface area contributed by atoms with Gasteiger partial charge in [0.05, 0.1) is 14.2 Å². The molecule has 2 aromatic rings. The molecular weight excluding hydrogens is 408 g/mol. The summed E-state index contributed by atoms with van der Waals surface area (Å²) in [5.41, 5.74) is 0.0562. The van der Waals surface area contributed by atoms with E-state index in [1.165, 1.54) is 38.5 Å². The Kier molecular flexibility index (Phi) is 6.50. The van der Waals surface area contributed by atoms with Crippen LogP contribution in [0.25, 0.3) is 0 Å². The molecule has 0 radical (unpaired) electrons. The number of carbonyl (C=O) groups excluding carboxylic acids is 1. The van der Waals surface area contributed by atoms with E-state index < -0.39 is 30.1 Å². The number of carbonyl (C=O) groups is 1. The zero-order valence-corrected chi connectivity index (χ0v) is 15.0. The molecule has 158 valence electrons. The average Bonchev–Trinajstić information content (AvgIpc) is 2.65. The maximum atomic E-state index is 13.4. The first-order valence-corrected chi connectivity index (χ1v) is 7.89. The van der Waals surface area contributed by atoms with E-state index in [0.717, 1.165) is 18.2 Å². The summed E-state index contributed by atoms with van der Waals surface area (Å²) in [6, 6.07) is 8.36. The zero-order chi connectivity index (χ0) is 21.8. The lowest BCUT2D eigenvalue weighted by Gasteiger charge is -2.23. The normalized spacial score (nSPS) is 12.8. The van der Waals surface area contributed by atoms with Crippen molar-refractivity contribution in [1.82, 2.24) is 0 Å². The van der Waals surface area contributed by atoms with Crippen molar-refractivity contribution in [3.63, 3.8) is 0 Å². The number of alkyl halides is 6. The molecule has 0 saturated heterocycles. The Balaban J connectivity index is 2.17. The monoisotopic (exact) mass is 423 g/mol. The van der Waals surface area contributed by atoms with Crippen molar-refractivity contribution < 1.29 is 45.3 Å². The van der Waals surface area contributed by atoms with Crippen molar-refractivity contribution in [3.8, 4) is 17.2 Å². The Hall–Kier alpha value is -3.11. The topological polar surface area (TPSA) is 56.8 Å². The Morgan fingerprint density at radius 2 is 1.62 bits per heavy atom. The van der Waals surface area contributed by atoms with E-state index in [4.69, 9.17) is 9.47 Å². The maximum absolute atomic E-state index is 13.4. The predicted molar refractivity (Wildman–Crippen MR) is 90.5 cm³/mol. The fourth-order valence-corrected chi connectivity index (χ4v) is 2.22. The van der Waals surface area contributed by atoms with E-state index in [-0.39, 0.29) is 17.0 Å². The molecule has 0 fully saturated rings. The van der Waals surface area contributed by atoms with Crippen LogP contribution in [-0.4, -0.2) is 38.6 Å². The zero-order valence-electron chi connectivity index (χ0n) is 15.0. The summed E-state index contributed by atoms with van der Waals surface area (Å²) in [4.78, 5) is 12.3. The number of methoxy groups -OCH3 is 2. The molecular formula is C18H15F6NO4. The van der Waals surface area contributed by atoms with Gasteiger partial charge in [0.15, 0.2) is 11.5 Å². The Labute approximate surface area is 161 Å². The molecule has 2 aromatic carbocycles. The first-order valence-electron chi connectivity index (χ1n) is 7.89. The highest BCUT2D eigenvalue weighted by molar-refractivity contribution is 6.04. The van der Waals surface area contributed by atoms with Crippen molar-refractivity contribution in [1.29, 1.82) is 0 Å². The number of nitrogens with one attached hydrogen (secondary N) is 1. The highest BCUT2D eigenvalue weighted by Crippen LogP contribution is 2.37. The molecule has 0 bridgehead atoms. The van der Waals surface area contributed by atoms with E-state index in [0.29, 0.717) is 5.75 Å². The number of halogens is 6. The van der Waals surface area contributed by atoms with Gasteiger partial charge in [-0.3, -0.25) is 4.79 Å². The summed E-state index contributed by atoms with van der Waals surface area (Å²) in [5, 5.41) is 2.36. The molecule has 1 N–H and O–H groups in total. The minimum absolute atomic E-state index is 0.0690. The van der Waals surface area contributed by atoms with E-state index in [2.05, 4.69) is 10.1 Å². The number of amides is 1. The summed E-state index contributed by atoms with van der Waals surface area (Å²) in [5.74, 6) is -0.814. The average molecular weight is 423 g/mol. The highest BCUT2D eigenvalue weighted by atomic mass is 19.4. The van der Waals surface area contributed by atoms with Crippen molar-refractivity contribution in [3.05, 3.63) is 48.0 Å². The molecule has 0 spiro atoms. The number of hydrogen-bond acceptors (Lipinski definition) is 4. The summed E-state index contributed by atoms with van der Waals surface area (Å²) < 4.78 is 90.3. The lowest BCUT2D eigenvalue weighted by molar-refractivity contribution is -0.304. The van der Waals surface area contributed by atoms with Gasteiger partial charge in [-0.15, -0.1) is 0 Å². The molecule has 0 aromatic heterocycles. The van der Waals surface area contributed by atoms with Gasteiger partial charge in [0.1, 0.15) is 5.75 Å². The third-order valence-electron chi connectivity index (χ3n) is 3.57. The van der Waals surface area contributed by atoms with Crippen LogP contribution < -0.4 is 19.5 Å². The molecule has 2 rings (SSSR count). The molecule has 0 unspecified atom stereocenters. The van der Waals surface area contributed by atoms with Gasteiger partial charge >= 0.3 is 12.3 Å². The van der Waals surface area contributed by atoms with E-state index in [1.54, 1.807) is 0 Å². The van der Waals surface area contributed by atoms with Crippen LogP contribution in [0.2, 0.25) is 0 Å². The van der Waals surface area contributed by atoms with Gasteiger partial charge in [-0.25, -0.2) is 4.39 Å². The molecule has 5 nitrogen and oxygen atoms in total. The van der Waals surface area contributed by atoms with Crippen LogP contribution in [0.1, 0.15) is 10.4 Å². The largest absolute Gasteiger partial charge is 0.493 e. The molecule has 1 amide bonds. The second-order valence-electron chi connectivity index (χ2n) is 5.62. The van der Waals surface area contributed by atoms with Crippen LogP contribution in [0, 0.1) is 0 Å². The standard InChI is InChI=1S/C18H15F6NO4/c1-27-13-7-6-10(8-14(13)28-2)15(26)25-11-4-3-5-12(9-11)29-18(23,24)16(19)17(20,21)22/h3-9,16H,1-2H3,(H,25,26)/t16-/m0/s1. The van der Waals surface area contributed by atoms with Crippen LogP contribution >= 0.6 is 0 Å². The van der Waals surface area contributed by atoms with E-state index in [9.17, 15) is 31.1 Å². The van der Waals surface area contributed by atoms with Crippen molar-refractivity contribution in [2.75, 3.05) is 19.5 Å². The van der Waals surface area contributed by atoms with Gasteiger partial charge < -0.3 is 19.5 Å². The third kappa shape index (κ3) is 5.46. The van der Waals surface area contributed by atoms with Gasteiger partial charge in [0.2, 0.25) is 0 Å². The summed E-state index contributed by atoms with van der Waals surface area (Å²) in [7, 11) is 2.76. The molecule has 11 heteroatoms. The van der Waals surface area contributed by atoms with Gasteiger partial charge in [-0.05, 0) is 30.3 Å². The van der Waals surface area contributed by atoms with Gasteiger partial charge in [-0.1, -0.05) is 6.07 Å². The number of hydrogen-bond donors (Lipinski definition) is 1. The number of rotatable bonds is 7. The highest BCUT2D eigenvalue weighted by Gasteiger charge is 2.59. The molecule has 1 atom stereocenters. The number of ether oxygens (including phenoxy) is 3. The number of benzene rings is 2. The van der Waals surface area contributed by atoms with E-state index >= 15 is 0 Å². The third-order valence-corrected chi connectivity index (χ3v) is 3.57. The van der Waals surface area contributed by atoms with Crippen LogP contribution in [-0.2, 0) is 0 Å². The molecule has 29 heavy (non-hydrogen) atoms. The smallest absolute Gasteiger partial charge is 0.439 e. The molecule has 0 aliphatic carbocycles. The molecule has 0 saturated carbocycles. The Morgan fingerprint density at radius 3 is 2.21 bits per heavy atom. The first-order chi connectivity index (χ1) is 13.5. The number of anilines is 1. The minimum Gasteiger partial charge on any atom is -0.493 e. The quantitative estimate of drug-likeness (QED) is 0.649. The second kappa shape index (κ2) is 8.50. The SMILES string of the molecule is COc1ccc(C(=O)Nc2cccc(OC(F)(F)[C@@H](F)C(F)(F)F)c2)cc1OC. The van der Waals surface area contributed by atoms with Crippen LogP contribution in [0.4, 0.5) is 32.0 Å². The van der Waals surface area contributed by atoms with Crippen LogP contribution in [0.5, 0.6) is 17.2 Å². The van der Waals surface area contributed by atoms with E-state index in [1.807, 2.05) is 0 Å². The Morgan fingerprint density at radius 1 is 0.966 bits per heavy atom. The Bertz CT molecular complexity index is 872. The summed E-state index contributed by atoms with van der Waals surface area (Å²) in [6.45, 7) is 0. The fourth-order valence-electron chi connectivity index (χ4n) is 2.22. The molecule has 0 aliphatic heterocycles. The summed E-state index contributed by atoms with van der Waals surface area (Å²) >= 11 is 0. The predicted octanol–water partition coefficient (Wildman–Crippen LogP) is 4.83. The van der Waals surface area contributed by atoms with Gasteiger partial charge in [0, 0.05) is 17.3 Å². The first kappa shape index (κ1) is 22.2. The van der Waals surface area contributed by atoms with Crippen molar-refractivity contribution >= 4 is 11.6 Å². The lowest BCUT2D eigenvalue weighted by Crippen LogP contribution is -2.45. The van der Waals surface area contributed by atoms with Crippen molar-refractivity contribution in [2.24, 2.45) is 0 Å². The minimum atomic E-state index is -5.80. The maximum Gasteiger partial charge on any atom is 0.439 e. The molecule has 0 aliphatic rings.